The molecule has 0 aromatic heterocycles. The highest BCUT2D eigenvalue weighted by Gasteiger charge is 2.37. The highest BCUT2D eigenvalue weighted by molar-refractivity contribution is 5.75. The van der Waals surface area contributed by atoms with E-state index in [1.165, 1.54) is 0 Å². The first-order valence-electron chi connectivity index (χ1n) is 11.4. The molecule has 0 aliphatic rings. The normalized spacial score (nSPS) is 19.4. The van der Waals surface area contributed by atoms with Gasteiger partial charge in [-0.05, 0) is 20.8 Å². The third-order valence-electron chi connectivity index (χ3n) is 5.48. The Kier molecular flexibility index (Phi) is 20.0. The van der Waals surface area contributed by atoms with Crippen LogP contribution in [0, 0.1) is 17.8 Å². The highest BCUT2D eigenvalue weighted by Crippen LogP contribution is 2.13. The van der Waals surface area contributed by atoms with Crippen molar-refractivity contribution in [3.63, 3.8) is 0 Å². The van der Waals surface area contributed by atoms with E-state index in [0.717, 1.165) is 20.8 Å². The van der Waals surface area contributed by atoms with Crippen molar-refractivity contribution in [2.24, 2.45) is 17.8 Å². The van der Waals surface area contributed by atoms with Gasteiger partial charge in [-0.1, -0.05) is 0 Å². The van der Waals surface area contributed by atoms with E-state index in [1.54, 1.807) is 0 Å². The summed E-state index contributed by atoms with van der Waals surface area (Å²) in [6.45, 7) is 3.26. The highest BCUT2D eigenvalue weighted by atomic mass is 16.4. The molecule has 0 bridgehead atoms. The van der Waals surface area contributed by atoms with Gasteiger partial charge in [-0.2, -0.15) is 0 Å². The number of hydrogen-bond donors (Lipinski definition) is 15. The summed E-state index contributed by atoms with van der Waals surface area (Å²) in [5, 5.41) is 131. The zero-order valence-corrected chi connectivity index (χ0v) is 22.1. The molecule has 0 spiro atoms. The van der Waals surface area contributed by atoms with Crippen LogP contribution in [0.1, 0.15) is 20.8 Å². The Bertz CT molecular complexity index is 720. The van der Waals surface area contributed by atoms with Gasteiger partial charge in [0.2, 0.25) is 0 Å². The Labute approximate surface area is 235 Å². The van der Waals surface area contributed by atoms with Gasteiger partial charge < -0.3 is 76.6 Å². The standard InChI is InChI=1S/3C7H12O7/c3*1-2(6(11)12)3(8)4(9)5(10)7(13)14/h3*2-5,8-10H,1H3,(H,11,12)(H,13,14). The van der Waals surface area contributed by atoms with E-state index in [9.17, 15) is 28.8 Å². The van der Waals surface area contributed by atoms with Crippen molar-refractivity contribution in [3.05, 3.63) is 0 Å². The van der Waals surface area contributed by atoms with Crippen molar-refractivity contribution < 1.29 is 105 Å². The minimum absolute atomic E-state index is 1.09. The van der Waals surface area contributed by atoms with Crippen molar-refractivity contribution in [1.82, 2.24) is 0 Å². The lowest BCUT2D eigenvalue weighted by molar-refractivity contribution is -0.165. The molecule has 12 atom stereocenters. The number of aliphatic hydroxyl groups excluding tert-OH is 9. The van der Waals surface area contributed by atoms with Gasteiger partial charge in [0.1, 0.15) is 18.3 Å². The Hall–Kier alpha value is -3.54. The van der Waals surface area contributed by atoms with Gasteiger partial charge in [-0.3, -0.25) is 14.4 Å². The molecular formula is C21H36O21. The molecule has 15 N–H and O–H groups in total. The molecule has 42 heavy (non-hydrogen) atoms. The van der Waals surface area contributed by atoms with Crippen LogP contribution in [0.5, 0.6) is 0 Å². The largest absolute Gasteiger partial charge is 0.481 e. The number of carboxylic acids is 6. The molecule has 246 valence electrons. The van der Waals surface area contributed by atoms with Crippen LogP contribution in [0.15, 0.2) is 0 Å². The SMILES string of the molecule is CC(C(=O)O)C(O)C(O)C(O)C(=O)O.CC(C(=O)O)C(O)C(O)C(O)C(=O)O.CC(C(=O)O)C(O)C(O)C(O)C(=O)O. The van der Waals surface area contributed by atoms with Crippen LogP contribution in [0.25, 0.3) is 0 Å². The van der Waals surface area contributed by atoms with Crippen LogP contribution >= 0.6 is 0 Å². The molecule has 0 rings (SSSR count). The zero-order valence-electron chi connectivity index (χ0n) is 22.1. The molecule has 0 saturated carbocycles. The zero-order chi connectivity index (χ0) is 34.4. The summed E-state index contributed by atoms with van der Waals surface area (Å²) in [4.78, 5) is 61.5. The molecule has 12 unspecified atom stereocenters. The topological polar surface area (TPSA) is 406 Å². The predicted molar refractivity (Wildman–Crippen MR) is 127 cm³/mol. The molecule has 0 heterocycles. The van der Waals surface area contributed by atoms with Crippen LogP contribution in [-0.4, -0.2) is 167 Å². The average Bonchev–Trinajstić information content (AvgIpc) is 2.92. The number of aliphatic hydroxyl groups is 9. The van der Waals surface area contributed by atoms with Crippen molar-refractivity contribution in [1.29, 1.82) is 0 Å². The first-order chi connectivity index (χ1) is 18.9. The molecule has 0 aliphatic heterocycles. The average molecular weight is 624 g/mol. The van der Waals surface area contributed by atoms with Crippen LogP contribution in [0.3, 0.4) is 0 Å². The summed E-state index contributed by atoms with van der Waals surface area (Å²) >= 11 is 0. The van der Waals surface area contributed by atoms with Gasteiger partial charge in [0, 0.05) is 0 Å². The predicted octanol–water partition coefficient (Wildman–Crippen LogP) is -6.38. The lowest BCUT2D eigenvalue weighted by Gasteiger charge is -2.22. The second-order valence-electron chi connectivity index (χ2n) is 8.67. The first-order valence-corrected chi connectivity index (χ1v) is 11.4. The summed E-state index contributed by atoms with van der Waals surface area (Å²) in [5.74, 6) is -13.5. The summed E-state index contributed by atoms with van der Waals surface area (Å²) in [7, 11) is 0. The third kappa shape index (κ3) is 14.4. The van der Waals surface area contributed by atoms with Gasteiger partial charge in [-0.25, -0.2) is 14.4 Å². The minimum atomic E-state index is -2.20. The summed E-state index contributed by atoms with van der Waals surface area (Å²) in [6, 6.07) is 0. The molecule has 0 aromatic carbocycles. The number of aliphatic carboxylic acids is 6. The molecule has 0 amide bonds. The van der Waals surface area contributed by atoms with Crippen LogP contribution in [0.2, 0.25) is 0 Å². The van der Waals surface area contributed by atoms with Gasteiger partial charge in [-0.15, -0.1) is 0 Å². The quantitative estimate of drug-likeness (QED) is 0.0805. The lowest BCUT2D eigenvalue weighted by atomic mass is 9.96. The fourth-order valence-corrected chi connectivity index (χ4v) is 2.32. The van der Waals surface area contributed by atoms with E-state index in [-0.39, 0.29) is 0 Å². The Morgan fingerprint density at radius 1 is 0.310 bits per heavy atom. The van der Waals surface area contributed by atoms with Crippen molar-refractivity contribution in [2.75, 3.05) is 0 Å². The van der Waals surface area contributed by atoms with Crippen molar-refractivity contribution in [2.45, 2.75) is 75.7 Å². The van der Waals surface area contributed by atoms with Gasteiger partial charge >= 0.3 is 35.8 Å². The second-order valence-corrected chi connectivity index (χ2v) is 8.67. The molecule has 0 aliphatic carbocycles. The maximum Gasteiger partial charge on any atom is 0.335 e. The Morgan fingerprint density at radius 2 is 0.452 bits per heavy atom. The van der Waals surface area contributed by atoms with Crippen molar-refractivity contribution in [3.8, 4) is 0 Å². The van der Waals surface area contributed by atoms with E-state index in [2.05, 4.69) is 0 Å². The molecule has 0 fully saturated rings. The van der Waals surface area contributed by atoms with Crippen LogP contribution in [0.4, 0.5) is 0 Å². The molecule has 21 nitrogen and oxygen atoms in total. The first kappa shape index (κ1) is 42.9. The van der Waals surface area contributed by atoms with E-state index in [4.69, 9.17) is 76.6 Å². The number of rotatable bonds is 15. The Balaban J connectivity index is -0.000000543. The second kappa shape index (κ2) is 19.6. The fraction of sp³-hybridized carbons (Fsp3) is 0.714. The fourth-order valence-electron chi connectivity index (χ4n) is 2.32. The minimum Gasteiger partial charge on any atom is -0.481 e. The summed E-state index contributed by atoms with van der Waals surface area (Å²) < 4.78 is 0. The van der Waals surface area contributed by atoms with E-state index >= 15 is 0 Å². The summed E-state index contributed by atoms with van der Waals surface area (Å²) in [5.41, 5.74) is 0. The van der Waals surface area contributed by atoms with Crippen LogP contribution in [-0.2, 0) is 28.8 Å². The van der Waals surface area contributed by atoms with Crippen molar-refractivity contribution >= 4 is 35.8 Å². The van der Waals surface area contributed by atoms with Crippen LogP contribution < -0.4 is 0 Å². The Morgan fingerprint density at radius 3 is 0.548 bits per heavy atom. The number of hydrogen-bond acceptors (Lipinski definition) is 15. The van der Waals surface area contributed by atoms with Gasteiger partial charge in [0.05, 0.1) is 36.1 Å². The molecule has 0 radical (unpaired) electrons. The maximum absolute atomic E-state index is 10.3. The molecular weight excluding hydrogens is 588 g/mol. The molecule has 0 aromatic rings. The van der Waals surface area contributed by atoms with E-state index < -0.39 is 109 Å². The van der Waals surface area contributed by atoms with E-state index in [0.29, 0.717) is 0 Å². The number of carboxylic acid groups (broad SMARTS) is 6. The number of carbonyl (C=O) groups is 6. The lowest BCUT2D eigenvalue weighted by Crippen LogP contribution is -2.46. The monoisotopic (exact) mass is 624 g/mol. The van der Waals surface area contributed by atoms with Gasteiger partial charge in [0.25, 0.3) is 0 Å². The summed E-state index contributed by atoms with van der Waals surface area (Å²) in [6.07, 6.45) is -18.2. The third-order valence-corrected chi connectivity index (χ3v) is 5.48. The maximum atomic E-state index is 10.3. The molecule has 21 heteroatoms. The smallest absolute Gasteiger partial charge is 0.335 e. The molecule has 0 saturated heterocycles. The van der Waals surface area contributed by atoms with Gasteiger partial charge in [0.15, 0.2) is 18.3 Å². The van der Waals surface area contributed by atoms with E-state index in [1.807, 2.05) is 0 Å².